The van der Waals surface area contributed by atoms with Crippen LogP contribution in [-0.2, 0) is 7.05 Å². The van der Waals surface area contributed by atoms with Crippen molar-refractivity contribution >= 4 is 12.2 Å². The number of nitrogens with one attached hydrogen (secondary N) is 1. The van der Waals surface area contributed by atoms with Crippen LogP contribution in [0.25, 0.3) is 11.4 Å². The van der Waals surface area contributed by atoms with Crippen molar-refractivity contribution in [2.75, 3.05) is 0 Å². The van der Waals surface area contributed by atoms with E-state index >= 15 is 0 Å². The van der Waals surface area contributed by atoms with E-state index in [2.05, 4.69) is 10.1 Å². The first kappa shape index (κ1) is 9.72. The number of benzene rings is 1. The molecule has 0 bridgehead atoms. The molecule has 6 heteroatoms. The summed E-state index contributed by atoms with van der Waals surface area (Å²) in [5.41, 5.74) is 0.254. The summed E-state index contributed by atoms with van der Waals surface area (Å²) >= 11 is 4.92. The Morgan fingerprint density at radius 2 is 1.93 bits per heavy atom. The maximum Gasteiger partial charge on any atom is 0.216 e. The van der Waals surface area contributed by atoms with Crippen LogP contribution in [0.1, 0.15) is 0 Å². The molecule has 0 aliphatic rings. The molecule has 2 rings (SSSR count). The van der Waals surface area contributed by atoms with Gasteiger partial charge in [-0.3, -0.25) is 9.78 Å². The molecule has 1 heterocycles. The molecule has 0 spiro atoms. The smallest absolute Gasteiger partial charge is 0.216 e. The Labute approximate surface area is 90.6 Å². The summed E-state index contributed by atoms with van der Waals surface area (Å²) in [5, 5.41) is 22.0. The molecular formula is C9H9N3O2S. The number of phenolic OH excluding ortho intramolecular Hbond substituents is 2. The number of aromatic amines is 1. The van der Waals surface area contributed by atoms with Gasteiger partial charge in [-0.15, -0.1) is 0 Å². The minimum atomic E-state index is -0.0423. The van der Waals surface area contributed by atoms with E-state index in [4.69, 9.17) is 12.2 Å². The molecule has 5 nitrogen and oxygen atoms in total. The third kappa shape index (κ3) is 1.59. The third-order valence-electron chi connectivity index (χ3n) is 2.03. The van der Waals surface area contributed by atoms with Crippen LogP contribution in [0.2, 0.25) is 0 Å². The first-order valence-corrected chi connectivity index (χ1v) is 4.65. The predicted molar refractivity (Wildman–Crippen MR) is 57.2 cm³/mol. The van der Waals surface area contributed by atoms with Gasteiger partial charge in [-0.05, 0) is 24.4 Å². The predicted octanol–water partition coefficient (Wildman–Crippen LogP) is 1.56. The topological polar surface area (TPSA) is 74.1 Å². The lowest BCUT2D eigenvalue weighted by molar-refractivity contribution is 0.453. The average Bonchev–Trinajstić information content (AvgIpc) is 2.46. The minimum Gasteiger partial charge on any atom is -0.507 e. The van der Waals surface area contributed by atoms with Gasteiger partial charge in [-0.2, -0.15) is 4.98 Å². The Morgan fingerprint density at radius 1 is 1.33 bits per heavy atom. The Kier molecular flexibility index (Phi) is 2.20. The van der Waals surface area contributed by atoms with Crippen LogP contribution in [0.15, 0.2) is 18.2 Å². The Hall–Kier alpha value is -1.82. The van der Waals surface area contributed by atoms with Crippen molar-refractivity contribution in [1.29, 1.82) is 0 Å². The van der Waals surface area contributed by atoms with E-state index in [-0.39, 0.29) is 17.1 Å². The zero-order valence-corrected chi connectivity index (χ0v) is 8.75. The van der Waals surface area contributed by atoms with Crippen LogP contribution in [0.3, 0.4) is 0 Å². The summed E-state index contributed by atoms with van der Waals surface area (Å²) in [6.07, 6.45) is 0. The maximum atomic E-state index is 9.58. The standard InChI is InChI=1S/C9H9N3O2S/c1-12-9(15)10-8(11-12)7-5(13)3-2-4-6(7)14/h2-4,13-14H,1H3,(H,10,11,15). The first-order valence-electron chi connectivity index (χ1n) is 4.24. The summed E-state index contributed by atoms with van der Waals surface area (Å²) < 4.78 is 1.88. The number of phenols is 2. The second-order valence-electron chi connectivity index (χ2n) is 3.09. The molecule has 0 saturated carbocycles. The number of H-pyrrole nitrogens is 1. The fourth-order valence-corrected chi connectivity index (χ4v) is 1.42. The van der Waals surface area contributed by atoms with Crippen molar-refractivity contribution < 1.29 is 10.2 Å². The van der Waals surface area contributed by atoms with Crippen molar-refractivity contribution in [2.24, 2.45) is 7.05 Å². The van der Waals surface area contributed by atoms with Gasteiger partial charge in [0.05, 0.1) is 0 Å². The molecule has 3 N–H and O–H groups in total. The monoisotopic (exact) mass is 223 g/mol. The van der Waals surface area contributed by atoms with E-state index < -0.39 is 0 Å². The van der Waals surface area contributed by atoms with Crippen LogP contribution < -0.4 is 0 Å². The van der Waals surface area contributed by atoms with Gasteiger partial charge in [0.25, 0.3) is 0 Å². The zero-order chi connectivity index (χ0) is 11.0. The summed E-state index contributed by atoms with van der Waals surface area (Å²) in [7, 11) is 1.70. The molecule has 78 valence electrons. The minimum absolute atomic E-state index is 0.0423. The van der Waals surface area contributed by atoms with Gasteiger partial charge in [-0.25, -0.2) is 0 Å². The van der Waals surface area contributed by atoms with Gasteiger partial charge >= 0.3 is 0 Å². The van der Waals surface area contributed by atoms with Crippen LogP contribution in [-0.4, -0.2) is 25.0 Å². The SMILES string of the molecule is Cn1[nH]c(-c2c(O)cccc2O)nc1=S. The zero-order valence-electron chi connectivity index (χ0n) is 7.93. The fourth-order valence-electron chi connectivity index (χ4n) is 1.29. The van der Waals surface area contributed by atoms with Crippen LogP contribution in [0.4, 0.5) is 0 Å². The number of aromatic hydroxyl groups is 2. The molecule has 0 fully saturated rings. The summed E-state index contributed by atoms with van der Waals surface area (Å²) in [5.74, 6) is 0.261. The average molecular weight is 223 g/mol. The Morgan fingerprint density at radius 3 is 2.40 bits per heavy atom. The van der Waals surface area contributed by atoms with Gasteiger partial charge < -0.3 is 10.2 Å². The summed E-state index contributed by atoms with van der Waals surface area (Å²) in [6.45, 7) is 0. The van der Waals surface area contributed by atoms with E-state index in [9.17, 15) is 10.2 Å². The van der Waals surface area contributed by atoms with Crippen LogP contribution >= 0.6 is 12.2 Å². The number of rotatable bonds is 1. The highest BCUT2D eigenvalue weighted by Gasteiger charge is 2.12. The van der Waals surface area contributed by atoms with E-state index in [1.165, 1.54) is 16.8 Å². The summed E-state index contributed by atoms with van der Waals surface area (Å²) in [6, 6.07) is 4.49. The van der Waals surface area contributed by atoms with Crippen molar-refractivity contribution in [2.45, 2.75) is 0 Å². The van der Waals surface area contributed by atoms with Crippen LogP contribution in [0.5, 0.6) is 11.5 Å². The van der Waals surface area contributed by atoms with Gasteiger partial charge in [0.2, 0.25) is 4.77 Å². The number of hydrogen-bond donors (Lipinski definition) is 3. The second-order valence-corrected chi connectivity index (χ2v) is 3.45. The molecule has 0 unspecified atom stereocenters. The Balaban J connectivity index is 2.68. The van der Waals surface area contributed by atoms with E-state index in [0.29, 0.717) is 10.6 Å². The van der Waals surface area contributed by atoms with Gasteiger partial charge in [0.15, 0.2) is 5.82 Å². The van der Waals surface area contributed by atoms with Gasteiger partial charge in [-0.1, -0.05) is 6.07 Å². The van der Waals surface area contributed by atoms with Crippen molar-refractivity contribution in [1.82, 2.24) is 14.8 Å². The normalized spacial score (nSPS) is 10.5. The molecule has 0 aliphatic heterocycles. The van der Waals surface area contributed by atoms with Crippen molar-refractivity contribution in [3.63, 3.8) is 0 Å². The van der Waals surface area contributed by atoms with Gasteiger partial charge in [0.1, 0.15) is 17.1 Å². The Bertz CT molecular complexity index is 538. The molecular weight excluding hydrogens is 214 g/mol. The fraction of sp³-hybridized carbons (Fsp3) is 0.111. The molecule has 2 aromatic rings. The molecule has 0 saturated heterocycles. The first-order chi connectivity index (χ1) is 7.09. The highest BCUT2D eigenvalue weighted by Crippen LogP contribution is 2.34. The van der Waals surface area contributed by atoms with E-state index in [1.807, 2.05) is 0 Å². The molecule has 0 aliphatic carbocycles. The molecule has 1 aromatic carbocycles. The molecule has 15 heavy (non-hydrogen) atoms. The quantitative estimate of drug-likeness (QED) is 0.641. The molecule has 0 atom stereocenters. The van der Waals surface area contributed by atoms with Gasteiger partial charge in [0, 0.05) is 7.05 Å². The summed E-state index contributed by atoms with van der Waals surface area (Å²) in [4.78, 5) is 4.00. The molecule has 0 radical (unpaired) electrons. The highest BCUT2D eigenvalue weighted by molar-refractivity contribution is 7.71. The molecule has 1 aromatic heterocycles. The maximum absolute atomic E-state index is 9.58. The second kappa shape index (κ2) is 3.39. The van der Waals surface area contributed by atoms with Crippen molar-refractivity contribution in [3.05, 3.63) is 23.0 Å². The number of aromatic nitrogens is 3. The third-order valence-corrected chi connectivity index (χ3v) is 2.39. The number of hydrogen-bond acceptors (Lipinski definition) is 4. The lowest BCUT2D eigenvalue weighted by Gasteiger charge is -2.02. The highest BCUT2D eigenvalue weighted by atomic mass is 32.1. The van der Waals surface area contributed by atoms with Crippen molar-refractivity contribution in [3.8, 4) is 22.9 Å². The number of nitrogens with zero attached hydrogens (tertiary/aromatic N) is 2. The number of aryl methyl sites for hydroxylation is 1. The lowest BCUT2D eigenvalue weighted by atomic mass is 10.1. The van der Waals surface area contributed by atoms with E-state index in [0.717, 1.165) is 0 Å². The van der Waals surface area contributed by atoms with E-state index in [1.54, 1.807) is 13.1 Å². The lowest BCUT2D eigenvalue weighted by Crippen LogP contribution is -1.89. The van der Waals surface area contributed by atoms with Crippen LogP contribution in [0, 0.1) is 4.77 Å². The molecule has 0 amide bonds. The largest absolute Gasteiger partial charge is 0.507 e.